The number of carbonyl (C=O) groups excluding carboxylic acids is 1. The number of aliphatic hydroxyl groups is 1. The number of aromatic nitrogens is 1. The number of benzene rings is 2. The molecule has 10 heteroatoms. The Kier molecular flexibility index (Phi) is 7.35. The Morgan fingerprint density at radius 1 is 1.17 bits per heavy atom. The zero-order valence-electron chi connectivity index (χ0n) is 19.8. The molecule has 1 aliphatic heterocycles. The molecular formula is C26H27FN4O3S2. The molecule has 1 saturated heterocycles. The van der Waals surface area contributed by atoms with Crippen molar-refractivity contribution in [2.45, 2.75) is 18.9 Å². The van der Waals surface area contributed by atoms with E-state index in [-0.39, 0.29) is 24.4 Å². The molecule has 0 unspecified atom stereocenters. The van der Waals surface area contributed by atoms with Crippen molar-refractivity contribution in [2.75, 3.05) is 48.4 Å². The Labute approximate surface area is 216 Å². The van der Waals surface area contributed by atoms with Crippen molar-refractivity contribution in [3.63, 3.8) is 0 Å². The molecule has 7 nitrogen and oxygen atoms in total. The Morgan fingerprint density at radius 3 is 2.56 bits per heavy atom. The largest absolute Gasteiger partial charge is 0.490 e. The van der Waals surface area contributed by atoms with E-state index < -0.39 is 0 Å². The number of nitrogens with one attached hydrogen (secondary N) is 1. The second-order valence-corrected chi connectivity index (χ2v) is 10.7. The van der Waals surface area contributed by atoms with Crippen molar-refractivity contribution < 1.29 is 19.0 Å². The van der Waals surface area contributed by atoms with E-state index in [9.17, 15) is 9.18 Å². The fraction of sp³-hybridized carbons (Fsp3) is 0.308. The molecule has 36 heavy (non-hydrogen) atoms. The summed E-state index contributed by atoms with van der Waals surface area (Å²) in [6.07, 6.45) is 1.89. The number of rotatable bonds is 8. The third-order valence-electron chi connectivity index (χ3n) is 6.11. The number of hydrogen-bond donors (Lipinski definition) is 2. The molecule has 4 aromatic rings. The third-order valence-corrected chi connectivity index (χ3v) is 8.39. The topological polar surface area (TPSA) is 77.9 Å². The predicted octanol–water partition coefficient (Wildman–Crippen LogP) is 5.23. The molecule has 188 valence electrons. The average Bonchev–Trinajstić information content (AvgIpc) is 3.47. The van der Waals surface area contributed by atoms with Crippen LogP contribution >= 0.6 is 22.7 Å². The number of amides is 1. The van der Waals surface area contributed by atoms with Crippen molar-refractivity contribution in [2.24, 2.45) is 0 Å². The Hall–Kier alpha value is -3.21. The monoisotopic (exact) mass is 526 g/mol. The lowest BCUT2D eigenvalue weighted by Crippen LogP contribution is -2.38. The van der Waals surface area contributed by atoms with Crippen LogP contribution in [-0.4, -0.2) is 55.4 Å². The van der Waals surface area contributed by atoms with Gasteiger partial charge in [-0.3, -0.25) is 4.79 Å². The molecule has 2 aromatic heterocycles. The maximum atomic E-state index is 13.1. The second kappa shape index (κ2) is 10.8. The molecule has 2 aromatic carbocycles. The summed E-state index contributed by atoms with van der Waals surface area (Å²) in [7, 11) is 1.89. The van der Waals surface area contributed by atoms with Crippen LogP contribution in [0.2, 0.25) is 0 Å². The minimum Gasteiger partial charge on any atom is -0.490 e. The summed E-state index contributed by atoms with van der Waals surface area (Å²) in [4.78, 5) is 23.0. The number of fused-ring (bicyclic) bond motifs is 1. The molecule has 1 aliphatic rings. The third kappa shape index (κ3) is 5.61. The number of nitrogens with zero attached hydrogens (tertiary/aromatic N) is 3. The van der Waals surface area contributed by atoms with Gasteiger partial charge < -0.3 is 25.0 Å². The highest BCUT2D eigenvalue weighted by molar-refractivity contribution is 7.29. The summed E-state index contributed by atoms with van der Waals surface area (Å²) in [6, 6.07) is 15.9. The molecule has 2 N–H and O–H groups in total. The van der Waals surface area contributed by atoms with Gasteiger partial charge in [0, 0.05) is 50.9 Å². The van der Waals surface area contributed by atoms with E-state index in [1.807, 2.05) is 42.3 Å². The van der Waals surface area contributed by atoms with E-state index in [1.165, 1.54) is 34.8 Å². The summed E-state index contributed by atoms with van der Waals surface area (Å²) in [5.74, 6) is 0.286. The van der Waals surface area contributed by atoms with Crippen molar-refractivity contribution >= 4 is 54.6 Å². The Balaban J connectivity index is 1.14. The number of halogens is 1. The van der Waals surface area contributed by atoms with Crippen LogP contribution in [0.4, 0.5) is 20.9 Å². The normalized spacial score (nSPS) is 14.2. The molecule has 1 fully saturated rings. The zero-order valence-corrected chi connectivity index (χ0v) is 21.4. The molecule has 0 saturated carbocycles. The van der Waals surface area contributed by atoms with Gasteiger partial charge in [-0.25, -0.2) is 9.37 Å². The number of thiophene rings is 1. The van der Waals surface area contributed by atoms with Crippen LogP contribution in [0.5, 0.6) is 5.75 Å². The SMILES string of the molecule is CN(CCO)c1nc2sc(C(=O)Nc3ccc(N4CCC(Oc5ccc(F)cc5)CC4)cc3)cc2s1. The van der Waals surface area contributed by atoms with Crippen molar-refractivity contribution in [3.8, 4) is 5.75 Å². The van der Waals surface area contributed by atoms with Gasteiger partial charge in [0.25, 0.3) is 5.91 Å². The smallest absolute Gasteiger partial charge is 0.265 e. The van der Waals surface area contributed by atoms with E-state index in [1.54, 1.807) is 12.1 Å². The van der Waals surface area contributed by atoms with Gasteiger partial charge in [-0.15, -0.1) is 11.3 Å². The van der Waals surface area contributed by atoms with Gasteiger partial charge in [-0.05, 0) is 54.6 Å². The summed E-state index contributed by atoms with van der Waals surface area (Å²) in [5.41, 5.74) is 1.85. The van der Waals surface area contributed by atoms with Crippen LogP contribution in [0.1, 0.15) is 22.5 Å². The number of anilines is 3. The van der Waals surface area contributed by atoms with Gasteiger partial charge in [-0.2, -0.15) is 0 Å². The summed E-state index contributed by atoms with van der Waals surface area (Å²) >= 11 is 2.88. The minimum absolute atomic E-state index is 0.0698. The maximum Gasteiger partial charge on any atom is 0.265 e. The van der Waals surface area contributed by atoms with Crippen molar-refractivity contribution in [1.82, 2.24) is 4.98 Å². The molecule has 0 aliphatic carbocycles. The number of ether oxygens (including phenoxy) is 1. The molecule has 0 spiro atoms. The molecule has 0 radical (unpaired) electrons. The highest BCUT2D eigenvalue weighted by Crippen LogP contribution is 2.34. The molecule has 0 atom stereocenters. The van der Waals surface area contributed by atoms with Gasteiger partial charge in [0.2, 0.25) is 0 Å². The van der Waals surface area contributed by atoms with E-state index >= 15 is 0 Å². The second-order valence-electron chi connectivity index (χ2n) is 8.68. The number of hydrogen-bond acceptors (Lipinski definition) is 8. The molecule has 5 rings (SSSR count). The fourth-order valence-electron chi connectivity index (χ4n) is 4.13. The maximum absolute atomic E-state index is 13.1. The molecule has 0 bridgehead atoms. The van der Waals surface area contributed by atoms with Gasteiger partial charge in [0.15, 0.2) is 5.13 Å². The van der Waals surface area contributed by atoms with Gasteiger partial charge in [-0.1, -0.05) is 11.3 Å². The average molecular weight is 527 g/mol. The van der Waals surface area contributed by atoms with Crippen LogP contribution < -0.4 is 19.9 Å². The first-order valence-electron chi connectivity index (χ1n) is 11.8. The van der Waals surface area contributed by atoms with Crippen molar-refractivity contribution in [1.29, 1.82) is 0 Å². The fourth-order valence-corrected chi connectivity index (χ4v) is 6.22. The van der Waals surface area contributed by atoms with Crippen LogP contribution in [0.15, 0.2) is 54.6 Å². The summed E-state index contributed by atoms with van der Waals surface area (Å²) < 4.78 is 20.0. The first-order chi connectivity index (χ1) is 17.5. The first-order valence-corrected chi connectivity index (χ1v) is 13.4. The van der Waals surface area contributed by atoms with Crippen LogP contribution in [0.3, 0.4) is 0 Å². The van der Waals surface area contributed by atoms with Gasteiger partial charge in [0.1, 0.15) is 22.5 Å². The molecule has 1 amide bonds. The highest BCUT2D eigenvalue weighted by atomic mass is 32.1. The lowest BCUT2D eigenvalue weighted by molar-refractivity contribution is 0.103. The van der Waals surface area contributed by atoms with Crippen LogP contribution in [0.25, 0.3) is 9.53 Å². The Morgan fingerprint density at radius 2 is 1.89 bits per heavy atom. The van der Waals surface area contributed by atoms with Crippen LogP contribution in [-0.2, 0) is 0 Å². The standard InChI is InChI=1S/C26H27FN4O3S2/c1-30(14-15-32)26-29-25-23(36-26)16-22(35-25)24(33)28-18-4-6-19(7-5-18)31-12-10-21(11-13-31)34-20-8-2-17(27)3-9-20/h2-9,16,21,32H,10-15H2,1H3,(H,28,33). The van der Waals surface area contributed by atoms with E-state index in [2.05, 4.69) is 15.2 Å². The van der Waals surface area contributed by atoms with Crippen LogP contribution in [0, 0.1) is 5.82 Å². The number of likely N-dealkylation sites (N-methyl/N-ethyl adjacent to an activating group) is 1. The number of thiazole rings is 1. The molecule has 3 heterocycles. The number of piperidine rings is 1. The van der Waals surface area contributed by atoms with Crippen molar-refractivity contribution in [3.05, 3.63) is 65.3 Å². The Bertz CT molecular complexity index is 1280. The van der Waals surface area contributed by atoms with Gasteiger partial charge >= 0.3 is 0 Å². The summed E-state index contributed by atoms with van der Waals surface area (Å²) in [6.45, 7) is 2.32. The lowest BCUT2D eigenvalue weighted by atomic mass is 10.1. The first kappa shape index (κ1) is 24.5. The van der Waals surface area contributed by atoms with Gasteiger partial charge in [0.05, 0.1) is 16.2 Å². The number of carbonyl (C=O) groups is 1. The highest BCUT2D eigenvalue weighted by Gasteiger charge is 2.21. The minimum atomic E-state index is -0.263. The van der Waals surface area contributed by atoms with E-state index in [0.717, 1.165) is 52.0 Å². The summed E-state index contributed by atoms with van der Waals surface area (Å²) in [5, 5.41) is 12.9. The van der Waals surface area contributed by atoms with E-state index in [4.69, 9.17) is 9.84 Å². The zero-order chi connectivity index (χ0) is 25.1. The predicted molar refractivity (Wildman–Crippen MR) is 145 cm³/mol. The lowest BCUT2D eigenvalue weighted by Gasteiger charge is -2.33. The molecular weight excluding hydrogens is 499 g/mol. The quantitative estimate of drug-likeness (QED) is 0.328. The number of aliphatic hydroxyl groups excluding tert-OH is 1. The van der Waals surface area contributed by atoms with E-state index in [0.29, 0.717) is 17.2 Å².